The van der Waals surface area contributed by atoms with Crippen LogP contribution in [0.5, 0.6) is 5.75 Å². The van der Waals surface area contributed by atoms with E-state index in [1.54, 1.807) is 12.4 Å². The highest BCUT2D eigenvalue weighted by Gasteiger charge is 2.24. The predicted octanol–water partition coefficient (Wildman–Crippen LogP) is 0.645. The first-order chi connectivity index (χ1) is 7.90. The van der Waals surface area contributed by atoms with Gasteiger partial charge >= 0.3 is 0 Å². The first-order valence-corrected chi connectivity index (χ1v) is 5.83. The highest BCUT2D eigenvalue weighted by molar-refractivity contribution is 5.15. The molecule has 1 aromatic heterocycles. The summed E-state index contributed by atoms with van der Waals surface area (Å²) in [7, 11) is 0. The molecule has 3 N–H and O–H groups in total. The minimum atomic E-state index is 0.440. The summed E-state index contributed by atoms with van der Waals surface area (Å²) >= 11 is 0. The Morgan fingerprint density at radius 3 is 3.19 bits per heavy atom. The fraction of sp³-hybridized carbons (Fsp3) is 0.583. The van der Waals surface area contributed by atoms with Crippen molar-refractivity contribution in [2.24, 2.45) is 17.6 Å². The monoisotopic (exact) mass is 221 g/mol. The van der Waals surface area contributed by atoms with E-state index in [4.69, 9.17) is 10.5 Å². The largest absolute Gasteiger partial charge is 0.492 e. The van der Waals surface area contributed by atoms with Crippen molar-refractivity contribution >= 4 is 0 Å². The van der Waals surface area contributed by atoms with Crippen molar-refractivity contribution in [1.29, 1.82) is 0 Å². The molecule has 1 aromatic rings. The molecule has 4 nitrogen and oxygen atoms in total. The second-order valence-corrected chi connectivity index (χ2v) is 4.25. The van der Waals surface area contributed by atoms with E-state index < -0.39 is 0 Å². The lowest BCUT2D eigenvalue weighted by molar-refractivity contribution is 0.205. The van der Waals surface area contributed by atoms with E-state index in [9.17, 15) is 0 Å². The smallest absolute Gasteiger partial charge is 0.137 e. The summed E-state index contributed by atoms with van der Waals surface area (Å²) in [6.07, 6.45) is 4.69. The van der Waals surface area contributed by atoms with Crippen LogP contribution in [0.4, 0.5) is 0 Å². The molecule has 0 amide bonds. The van der Waals surface area contributed by atoms with E-state index in [-0.39, 0.29) is 0 Å². The van der Waals surface area contributed by atoms with Gasteiger partial charge in [0.25, 0.3) is 0 Å². The van der Waals surface area contributed by atoms with Crippen molar-refractivity contribution in [1.82, 2.24) is 10.3 Å². The third kappa shape index (κ3) is 2.93. The van der Waals surface area contributed by atoms with Gasteiger partial charge in [-0.25, -0.2) is 0 Å². The van der Waals surface area contributed by atoms with Gasteiger partial charge in [0.2, 0.25) is 0 Å². The third-order valence-electron chi connectivity index (χ3n) is 3.17. The lowest BCUT2D eigenvalue weighted by Gasteiger charge is -2.21. The van der Waals surface area contributed by atoms with E-state index in [1.165, 1.54) is 6.42 Å². The first kappa shape index (κ1) is 11.4. The number of hydrogen-bond donors (Lipinski definition) is 2. The van der Waals surface area contributed by atoms with Crippen LogP contribution in [-0.4, -0.2) is 31.2 Å². The molecule has 16 heavy (non-hydrogen) atoms. The molecule has 2 atom stereocenters. The van der Waals surface area contributed by atoms with Crippen LogP contribution in [0.3, 0.4) is 0 Å². The van der Waals surface area contributed by atoms with Crippen molar-refractivity contribution in [3.05, 3.63) is 24.5 Å². The maximum Gasteiger partial charge on any atom is 0.137 e. The number of nitrogens with zero attached hydrogens (tertiary/aromatic N) is 1. The molecule has 1 fully saturated rings. The Balaban J connectivity index is 1.83. The molecule has 88 valence electrons. The average Bonchev–Trinajstić information content (AvgIpc) is 2.85. The minimum absolute atomic E-state index is 0.440. The van der Waals surface area contributed by atoms with Gasteiger partial charge in [-0.1, -0.05) is 0 Å². The number of pyridine rings is 1. The molecule has 2 unspecified atom stereocenters. The van der Waals surface area contributed by atoms with Crippen molar-refractivity contribution in [3.63, 3.8) is 0 Å². The number of nitrogens with one attached hydrogen (secondary N) is 1. The highest BCUT2D eigenvalue weighted by Crippen LogP contribution is 2.19. The van der Waals surface area contributed by atoms with Crippen LogP contribution in [0.25, 0.3) is 0 Å². The van der Waals surface area contributed by atoms with Crippen LogP contribution >= 0.6 is 0 Å². The zero-order valence-electron chi connectivity index (χ0n) is 9.43. The van der Waals surface area contributed by atoms with Crippen LogP contribution in [0.2, 0.25) is 0 Å². The van der Waals surface area contributed by atoms with Gasteiger partial charge in [0, 0.05) is 12.1 Å². The molecular formula is C12H19N3O. The van der Waals surface area contributed by atoms with Crippen molar-refractivity contribution < 1.29 is 4.74 Å². The second-order valence-electron chi connectivity index (χ2n) is 4.25. The Morgan fingerprint density at radius 2 is 2.56 bits per heavy atom. The standard InChI is InChI=1S/C12H19N3O/c13-6-11(10-3-5-15-7-10)9-16-12-2-1-4-14-8-12/h1-2,4,8,10-11,15H,3,5-7,9,13H2. The summed E-state index contributed by atoms with van der Waals surface area (Å²) in [5.41, 5.74) is 5.79. The SMILES string of the molecule is NCC(COc1cccnc1)C1CCNC1. The molecule has 0 bridgehead atoms. The van der Waals surface area contributed by atoms with Gasteiger partial charge in [0.1, 0.15) is 5.75 Å². The van der Waals surface area contributed by atoms with Gasteiger partial charge in [-0.15, -0.1) is 0 Å². The van der Waals surface area contributed by atoms with Gasteiger partial charge in [-0.05, 0) is 44.1 Å². The fourth-order valence-corrected chi connectivity index (χ4v) is 2.11. The molecule has 0 saturated carbocycles. The zero-order chi connectivity index (χ0) is 11.2. The molecule has 4 heteroatoms. The molecular weight excluding hydrogens is 202 g/mol. The van der Waals surface area contributed by atoms with Gasteiger partial charge in [-0.2, -0.15) is 0 Å². The van der Waals surface area contributed by atoms with Gasteiger partial charge < -0.3 is 15.8 Å². The van der Waals surface area contributed by atoms with Crippen molar-refractivity contribution in [3.8, 4) is 5.75 Å². The minimum Gasteiger partial charge on any atom is -0.492 e. The van der Waals surface area contributed by atoms with E-state index in [0.29, 0.717) is 25.0 Å². The Hall–Kier alpha value is -1.13. The van der Waals surface area contributed by atoms with Crippen molar-refractivity contribution in [2.75, 3.05) is 26.2 Å². The lowest BCUT2D eigenvalue weighted by atomic mass is 9.92. The molecule has 0 radical (unpaired) electrons. The number of rotatable bonds is 5. The molecule has 0 aromatic carbocycles. The third-order valence-corrected chi connectivity index (χ3v) is 3.17. The summed E-state index contributed by atoms with van der Waals surface area (Å²) in [6.45, 7) is 3.55. The second kappa shape index (κ2) is 5.82. The van der Waals surface area contributed by atoms with E-state index in [0.717, 1.165) is 18.8 Å². The van der Waals surface area contributed by atoms with Crippen LogP contribution < -0.4 is 15.8 Å². The predicted molar refractivity (Wildman–Crippen MR) is 63.3 cm³/mol. The number of hydrogen-bond acceptors (Lipinski definition) is 4. The lowest BCUT2D eigenvalue weighted by Crippen LogP contribution is -2.30. The van der Waals surface area contributed by atoms with Gasteiger partial charge in [-0.3, -0.25) is 4.98 Å². The topological polar surface area (TPSA) is 60.2 Å². The Kier molecular flexibility index (Phi) is 4.13. The Bertz CT molecular complexity index is 298. The van der Waals surface area contributed by atoms with Crippen LogP contribution in [0.15, 0.2) is 24.5 Å². The molecule has 1 aliphatic heterocycles. The number of ether oxygens (including phenoxy) is 1. The first-order valence-electron chi connectivity index (χ1n) is 5.83. The molecule has 2 heterocycles. The van der Waals surface area contributed by atoms with Crippen LogP contribution in [0.1, 0.15) is 6.42 Å². The summed E-state index contributed by atoms with van der Waals surface area (Å²) in [6, 6.07) is 3.80. The van der Waals surface area contributed by atoms with Crippen molar-refractivity contribution in [2.45, 2.75) is 6.42 Å². The summed E-state index contributed by atoms with van der Waals surface area (Å²) in [4.78, 5) is 4.02. The fourth-order valence-electron chi connectivity index (χ4n) is 2.11. The zero-order valence-corrected chi connectivity index (χ0v) is 9.43. The maximum absolute atomic E-state index is 5.79. The summed E-state index contributed by atoms with van der Waals surface area (Å²) in [5, 5.41) is 3.36. The molecule has 1 saturated heterocycles. The van der Waals surface area contributed by atoms with Gasteiger partial charge in [0.05, 0.1) is 12.8 Å². The van der Waals surface area contributed by atoms with Crippen LogP contribution in [-0.2, 0) is 0 Å². The van der Waals surface area contributed by atoms with Gasteiger partial charge in [0.15, 0.2) is 0 Å². The molecule has 2 rings (SSSR count). The Labute approximate surface area is 96.2 Å². The molecule has 0 aliphatic carbocycles. The summed E-state index contributed by atoms with van der Waals surface area (Å²) < 4.78 is 5.70. The van der Waals surface area contributed by atoms with E-state index in [1.807, 2.05) is 12.1 Å². The molecule has 1 aliphatic rings. The molecule has 0 spiro atoms. The number of nitrogens with two attached hydrogens (primary N) is 1. The number of aromatic nitrogens is 1. The average molecular weight is 221 g/mol. The van der Waals surface area contributed by atoms with E-state index >= 15 is 0 Å². The summed E-state index contributed by atoms with van der Waals surface area (Å²) in [5.74, 6) is 1.92. The quantitative estimate of drug-likeness (QED) is 0.766. The normalized spacial score (nSPS) is 21.9. The van der Waals surface area contributed by atoms with E-state index in [2.05, 4.69) is 10.3 Å². The van der Waals surface area contributed by atoms with Crippen LogP contribution in [0, 0.1) is 11.8 Å². The Morgan fingerprint density at radius 1 is 1.62 bits per heavy atom. The highest BCUT2D eigenvalue weighted by atomic mass is 16.5. The maximum atomic E-state index is 5.79.